The lowest BCUT2D eigenvalue weighted by atomic mass is 9.83. The highest BCUT2D eigenvalue weighted by Gasteiger charge is 2.33. The third kappa shape index (κ3) is 3.29. The van der Waals surface area contributed by atoms with Gasteiger partial charge in [0.05, 0.1) is 6.04 Å². The molecule has 2 N–H and O–H groups in total. The predicted octanol–water partition coefficient (Wildman–Crippen LogP) is 1.45. The van der Waals surface area contributed by atoms with Crippen molar-refractivity contribution in [3.8, 4) is 0 Å². The van der Waals surface area contributed by atoms with Crippen molar-refractivity contribution < 1.29 is 4.79 Å². The molecule has 2 rings (SSSR count). The number of likely N-dealkylation sites (N-methyl/N-ethyl adjacent to an activating group) is 1. The van der Waals surface area contributed by atoms with Crippen molar-refractivity contribution in [3.05, 3.63) is 0 Å². The molecule has 0 bridgehead atoms. The second-order valence-electron chi connectivity index (χ2n) is 6.22. The minimum Gasteiger partial charge on any atom is -0.341 e. The molecule has 4 nitrogen and oxygen atoms in total. The first kappa shape index (κ1) is 14.8. The highest BCUT2D eigenvalue weighted by molar-refractivity contribution is 5.81. The van der Waals surface area contributed by atoms with Crippen LogP contribution in [-0.2, 0) is 4.79 Å². The van der Waals surface area contributed by atoms with Gasteiger partial charge in [0.25, 0.3) is 0 Å². The van der Waals surface area contributed by atoms with Crippen molar-refractivity contribution in [2.24, 2.45) is 11.7 Å². The first-order valence-corrected chi connectivity index (χ1v) is 7.86. The minimum absolute atomic E-state index is 0.00440. The summed E-state index contributed by atoms with van der Waals surface area (Å²) in [5.41, 5.74) is 5.91. The number of nitrogens with zero attached hydrogens (tertiary/aromatic N) is 2. The second-order valence-corrected chi connectivity index (χ2v) is 6.22. The standard InChI is InChI=1S/C15H29N3O/c1-12(15(19)18-9-5-6-10-18)17(2)14-8-4-3-7-13(14)11-16/h12-14H,3-11,16H2,1-2H3. The van der Waals surface area contributed by atoms with Gasteiger partial charge in [0, 0.05) is 19.1 Å². The molecule has 1 aliphatic carbocycles. The van der Waals surface area contributed by atoms with E-state index >= 15 is 0 Å². The summed E-state index contributed by atoms with van der Waals surface area (Å²) in [7, 11) is 2.11. The Morgan fingerprint density at radius 2 is 1.89 bits per heavy atom. The fourth-order valence-corrected chi connectivity index (χ4v) is 3.66. The van der Waals surface area contributed by atoms with Crippen molar-refractivity contribution in [3.63, 3.8) is 0 Å². The number of nitrogens with two attached hydrogens (primary N) is 1. The molecule has 0 spiro atoms. The summed E-state index contributed by atoms with van der Waals surface area (Å²) in [6.07, 6.45) is 7.30. The SMILES string of the molecule is CC(C(=O)N1CCCC1)N(C)C1CCCCC1CN. The van der Waals surface area contributed by atoms with Gasteiger partial charge in [0.1, 0.15) is 0 Å². The average Bonchev–Trinajstić information content (AvgIpc) is 2.99. The van der Waals surface area contributed by atoms with Crippen molar-refractivity contribution in [2.75, 3.05) is 26.7 Å². The van der Waals surface area contributed by atoms with Gasteiger partial charge in [-0.05, 0) is 52.1 Å². The lowest BCUT2D eigenvalue weighted by molar-refractivity contribution is -0.136. The zero-order valence-electron chi connectivity index (χ0n) is 12.5. The van der Waals surface area contributed by atoms with Gasteiger partial charge < -0.3 is 10.6 Å². The van der Waals surface area contributed by atoms with Crippen molar-refractivity contribution in [1.82, 2.24) is 9.80 Å². The summed E-state index contributed by atoms with van der Waals surface area (Å²) < 4.78 is 0. The minimum atomic E-state index is -0.00440. The molecule has 110 valence electrons. The Labute approximate surface area is 117 Å². The number of hydrogen-bond acceptors (Lipinski definition) is 3. The molecule has 3 unspecified atom stereocenters. The maximum Gasteiger partial charge on any atom is 0.239 e. The lowest BCUT2D eigenvalue weighted by Crippen LogP contribution is -2.52. The third-order valence-electron chi connectivity index (χ3n) is 5.08. The van der Waals surface area contributed by atoms with Crippen molar-refractivity contribution >= 4 is 5.91 Å². The Balaban J connectivity index is 1.96. The molecule has 2 aliphatic rings. The molecule has 19 heavy (non-hydrogen) atoms. The van der Waals surface area contributed by atoms with E-state index in [0.29, 0.717) is 17.9 Å². The van der Waals surface area contributed by atoms with Crippen LogP contribution in [0.1, 0.15) is 45.4 Å². The third-order valence-corrected chi connectivity index (χ3v) is 5.08. The zero-order valence-corrected chi connectivity index (χ0v) is 12.5. The van der Waals surface area contributed by atoms with Gasteiger partial charge in [0.2, 0.25) is 5.91 Å². The van der Waals surface area contributed by atoms with Gasteiger partial charge in [0.15, 0.2) is 0 Å². The van der Waals surface area contributed by atoms with Crippen LogP contribution in [0, 0.1) is 5.92 Å². The molecule has 0 aromatic rings. The molecule has 1 saturated heterocycles. The Hall–Kier alpha value is -0.610. The van der Waals surface area contributed by atoms with Crippen LogP contribution in [0.25, 0.3) is 0 Å². The highest BCUT2D eigenvalue weighted by atomic mass is 16.2. The van der Waals surface area contributed by atoms with Crippen LogP contribution in [0.2, 0.25) is 0 Å². The fourth-order valence-electron chi connectivity index (χ4n) is 3.66. The zero-order chi connectivity index (χ0) is 13.8. The molecule has 0 aromatic heterocycles. The molecular weight excluding hydrogens is 238 g/mol. The molecule has 0 radical (unpaired) electrons. The number of carbonyl (C=O) groups is 1. The van der Waals surface area contributed by atoms with E-state index in [4.69, 9.17) is 5.73 Å². The van der Waals surface area contributed by atoms with E-state index < -0.39 is 0 Å². The molecule has 1 heterocycles. The summed E-state index contributed by atoms with van der Waals surface area (Å²) in [4.78, 5) is 16.8. The van der Waals surface area contributed by atoms with E-state index in [1.807, 2.05) is 4.90 Å². The average molecular weight is 267 g/mol. The van der Waals surface area contributed by atoms with Crippen LogP contribution in [0.3, 0.4) is 0 Å². The number of carbonyl (C=O) groups excluding carboxylic acids is 1. The second kappa shape index (κ2) is 6.71. The topological polar surface area (TPSA) is 49.6 Å². The summed E-state index contributed by atoms with van der Waals surface area (Å²) in [6, 6.07) is 0.482. The monoisotopic (exact) mass is 267 g/mol. The lowest BCUT2D eigenvalue weighted by Gasteiger charge is -2.40. The molecule has 3 atom stereocenters. The van der Waals surface area contributed by atoms with E-state index in [1.165, 1.54) is 25.7 Å². The van der Waals surface area contributed by atoms with E-state index in [9.17, 15) is 4.79 Å². The first-order valence-electron chi connectivity index (χ1n) is 7.86. The van der Waals surface area contributed by atoms with Gasteiger partial charge >= 0.3 is 0 Å². The first-order chi connectivity index (χ1) is 9.15. The summed E-state index contributed by atoms with van der Waals surface area (Å²) in [5.74, 6) is 0.869. The number of rotatable bonds is 4. The quantitative estimate of drug-likeness (QED) is 0.838. The maximum atomic E-state index is 12.5. The molecule has 1 saturated carbocycles. The largest absolute Gasteiger partial charge is 0.341 e. The van der Waals surface area contributed by atoms with Gasteiger partial charge in [-0.25, -0.2) is 0 Å². The number of hydrogen-bond donors (Lipinski definition) is 1. The highest BCUT2D eigenvalue weighted by Crippen LogP contribution is 2.28. The van der Waals surface area contributed by atoms with E-state index in [2.05, 4.69) is 18.9 Å². The van der Waals surface area contributed by atoms with E-state index in [-0.39, 0.29) is 6.04 Å². The summed E-state index contributed by atoms with van der Waals surface area (Å²) in [6.45, 7) is 4.70. The normalized spacial score (nSPS) is 29.8. The predicted molar refractivity (Wildman–Crippen MR) is 77.8 cm³/mol. The van der Waals surface area contributed by atoms with E-state index in [0.717, 1.165) is 32.5 Å². The molecule has 2 fully saturated rings. The van der Waals surface area contributed by atoms with Crippen LogP contribution >= 0.6 is 0 Å². The van der Waals surface area contributed by atoms with Crippen LogP contribution in [-0.4, -0.2) is 54.5 Å². The van der Waals surface area contributed by atoms with Gasteiger partial charge in [-0.2, -0.15) is 0 Å². The molecule has 0 aromatic carbocycles. The van der Waals surface area contributed by atoms with Gasteiger partial charge in [-0.1, -0.05) is 12.8 Å². The Morgan fingerprint density at radius 1 is 1.26 bits per heavy atom. The van der Waals surface area contributed by atoms with Crippen molar-refractivity contribution in [2.45, 2.75) is 57.5 Å². The smallest absolute Gasteiger partial charge is 0.239 e. The Morgan fingerprint density at radius 3 is 2.53 bits per heavy atom. The van der Waals surface area contributed by atoms with Crippen molar-refractivity contribution in [1.29, 1.82) is 0 Å². The summed E-state index contributed by atoms with van der Waals surface area (Å²) >= 11 is 0. The van der Waals surface area contributed by atoms with Crippen LogP contribution in [0.4, 0.5) is 0 Å². The summed E-state index contributed by atoms with van der Waals surface area (Å²) in [5, 5.41) is 0. The molecule has 1 amide bonds. The van der Waals surface area contributed by atoms with Crippen LogP contribution in [0.15, 0.2) is 0 Å². The molecule has 4 heteroatoms. The Bertz CT molecular complexity index is 302. The number of amides is 1. The molecule has 1 aliphatic heterocycles. The van der Waals surface area contributed by atoms with Crippen LogP contribution < -0.4 is 5.73 Å². The number of likely N-dealkylation sites (tertiary alicyclic amines) is 1. The maximum absolute atomic E-state index is 12.5. The van der Waals surface area contributed by atoms with Crippen LogP contribution in [0.5, 0.6) is 0 Å². The Kier molecular flexibility index (Phi) is 5.22. The fraction of sp³-hybridized carbons (Fsp3) is 0.933. The molecular formula is C15H29N3O. The van der Waals surface area contributed by atoms with Gasteiger partial charge in [-0.15, -0.1) is 0 Å². The van der Waals surface area contributed by atoms with Gasteiger partial charge in [-0.3, -0.25) is 9.69 Å². The van der Waals surface area contributed by atoms with E-state index in [1.54, 1.807) is 0 Å².